The number of hydrogen-bond acceptors (Lipinski definition) is 5. The highest BCUT2D eigenvalue weighted by Gasteiger charge is 2.20. The van der Waals surface area contributed by atoms with Gasteiger partial charge in [0.1, 0.15) is 11.6 Å². The Kier molecular flexibility index (Phi) is 7.53. The van der Waals surface area contributed by atoms with Gasteiger partial charge in [-0.2, -0.15) is 8.42 Å². The summed E-state index contributed by atoms with van der Waals surface area (Å²) in [7, 11) is -2.19. The molecule has 0 fully saturated rings. The van der Waals surface area contributed by atoms with Crippen LogP contribution in [-0.4, -0.2) is 44.7 Å². The molecule has 8 heteroatoms. The second-order valence-electron chi connectivity index (χ2n) is 6.50. The third-order valence-electron chi connectivity index (χ3n) is 3.99. The Morgan fingerprint density at radius 3 is 2.50 bits per heavy atom. The average molecular weight is 409 g/mol. The summed E-state index contributed by atoms with van der Waals surface area (Å²) in [5.41, 5.74) is 0.906. The average Bonchev–Trinajstić information content (AvgIpc) is 2.64. The third kappa shape index (κ3) is 6.03. The van der Waals surface area contributed by atoms with Gasteiger partial charge >= 0.3 is 10.1 Å². The van der Waals surface area contributed by atoms with Crippen LogP contribution in [0.15, 0.2) is 48.5 Å². The van der Waals surface area contributed by atoms with Gasteiger partial charge in [0.2, 0.25) is 0 Å². The van der Waals surface area contributed by atoms with Crippen molar-refractivity contribution in [3.63, 3.8) is 0 Å². The first-order chi connectivity index (χ1) is 13.2. The van der Waals surface area contributed by atoms with E-state index >= 15 is 0 Å². The van der Waals surface area contributed by atoms with Gasteiger partial charge in [-0.05, 0) is 49.7 Å². The lowest BCUT2D eigenvalue weighted by Gasteiger charge is -2.23. The monoisotopic (exact) mass is 409 g/mol. The van der Waals surface area contributed by atoms with Crippen molar-refractivity contribution in [1.82, 2.24) is 4.90 Å². The highest BCUT2D eigenvalue weighted by Crippen LogP contribution is 2.19. The van der Waals surface area contributed by atoms with Crippen LogP contribution in [-0.2, 0) is 21.4 Å². The molecule has 28 heavy (non-hydrogen) atoms. The predicted octanol–water partition coefficient (Wildman–Crippen LogP) is 3.23. The Morgan fingerprint density at radius 1 is 1.14 bits per heavy atom. The van der Waals surface area contributed by atoms with Crippen LogP contribution >= 0.6 is 0 Å². The van der Waals surface area contributed by atoms with Crippen LogP contribution < -0.4 is 4.18 Å². The summed E-state index contributed by atoms with van der Waals surface area (Å²) in [6.45, 7) is 3.85. The van der Waals surface area contributed by atoms with Gasteiger partial charge in [-0.1, -0.05) is 18.2 Å². The van der Waals surface area contributed by atoms with Gasteiger partial charge in [0.05, 0.1) is 11.9 Å². The summed E-state index contributed by atoms with van der Waals surface area (Å²) < 4.78 is 47.6. The zero-order chi connectivity index (χ0) is 20.7. The predicted molar refractivity (Wildman–Crippen MR) is 104 cm³/mol. The Hall–Kier alpha value is -2.45. The zero-order valence-electron chi connectivity index (χ0n) is 16.1. The van der Waals surface area contributed by atoms with Crippen LogP contribution in [0.3, 0.4) is 0 Å². The topological polar surface area (TPSA) is 72.9 Å². The lowest BCUT2D eigenvalue weighted by Crippen LogP contribution is -2.33. The highest BCUT2D eigenvalue weighted by molar-refractivity contribution is 7.87. The molecule has 0 aliphatic carbocycles. The van der Waals surface area contributed by atoms with Crippen molar-refractivity contribution in [1.29, 1.82) is 0 Å². The molecule has 0 radical (unpaired) electrons. The quantitative estimate of drug-likeness (QED) is 0.595. The first-order valence-electron chi connectivity index (χ1n) is 8.79. The van der Waals surface area contributed by atoms with E-state index in [0.717, 1.165) is 0 Å². The van der Waals surface area contributed by atoms with Crippen molar-refractivity contribution in [3.8, 4) is 5.75 Å². The minimum atomic E-state index is -3.72. The largest absolute Gasteiger partial charge is 0.383 e. The molecule has 0 heterocycles. The number of nitrogens with zero attached hydrogens (tertiary/aromatic N) is 1. The van der Waals surface area contributed by atoms with E-state index in [0.29, 0.717) is 18.7 Å². The first-order valence-corrected chi connectivity index (χ1v) is 10.3. The number of hydrogen-bond donors (Lipinski definition) is 0. The lowest BCUT2D eigenvalue weighted by molar-refractivity contribution is 0.0680. The highest BCUT2D eigenvalue weighted by atomic mass is 32.2. The molecule has 0 aliphatic rings. The van der Waals surface area contributed by atoms with Crippen molar-refractivity contribution in [2.24, 2.45) is 0 Å². The molecule has 2 rings (SSSR count). The molecule has 0 aromatic heterocycles. The summed E-state index contributed by atoms with van der Waals surface area (Å²) in [6.07, 6.45) is 0. The summed E-state index contributed by atoms with van der Waals surface area (Å²) in [5.74, 6) is -0.666. The number of halogens is 1. The van der Waals surface area contributed by atoms with Gasteiger partial charge in [-0.25, -0.2) is 4.39 Å². The van der Waals surface area contributed by atoms with Crippen LogP contribution in [0.1, 0.15) is 29.8 Å². The fourth-order valence-electron chi connectivity index (χ4n) is 2.40. The molecule has 0 N–H and O–H groups in total. The zero-order valence-corrected chi connectivity index (χ0v) is 16.9. The van der Waals surface area contributed by atoms with Crippen LogP contribution in [0, 0.1) is 5.82 Å². The Balaban J connectivity index is 2.22. The molecule has 2 aromatic rings. The first kappa shape index (κ1) is 21.8. The molecule has 0 saturated heterocycles. The normalized spacial score (nSPS) is 11.5. The van der Waals surface area contributed by atoms with Gasteiger partial charge in [0.25, 0.3) is 5.91 Å². The number of carbonyl (C=O) groups is 1. The van der Waals surface area contributed by atoms with Gasteiger partial charge in [0.15, 0.2) is 0 Å². The van der Waals surface area contributed by atoms with E-state index in [9.17, 15) is 17.6 Å². The molecule has 2 aromatic carbocycles. The minimum absolute atomic E-state index is 0.177. The maximum absolute atomic E-state index is 13.5. The molecular weight excluding hydrogens is 385 g/mol. The van der Waals surface area contributed by atoms with E-state index < -0.39 is 21.2 Å². The smallest absolute Gasteiger partial charge is 0.311 e. The molecule has 0 atom stereocenters. The molecular formula is C20H24FNO5S. The molecule has 0 unspecified atom stereocenters. The molecule has 0 saturated carbocycles. The molecule has 152 valence electrons. The second kappa shape index (κ2) is 9.66. The minimum Gasteiger partial charge on any atom is -0.383 e. The summed E-state index contributed by atoms with van der Waals surface area (Å²) >= 11 is 0. The molecule has 6 nitrogen and oxygen atoms in total. The maximum atomic E-state index is 13.5. The molecule has 1 amide bonds. The maximum Gasteiger partial charge on any atom is 0.311 e. The van der Waals surface area contributed by atoms with Crippen LogP contribution in [0.4, 0.5) is 4.39 Å². The number of benzene rings is 2. The second-order valence-corrected chi connectivity index (χ2v) is 8.60. The van der Waals surface area contributed by atoms with E-state index in [1.807, 2.05) is 0 Å². The number of ether oxygens (including phenoxy) is 1. The Labute approximate surface area is 165 Å². The van der Waals surface area contributed by atoms with Crippen LogP contribution in [0.25, 0.3) is 0 Å². The SMILES string of the molecule is COCCN(Cc1cccc(OS(=O)(=O)C(C)C)c1)C(=O)c1cccc(F)c1. The van der Waals surface area contributed by atoms with Gasteiger partial charge in [-0.3, -0.25) is 4.79 Å². The lowest BCUT2D eigenvalue weighted by atomic mass is 10.1. The Morgan fingerprint density at radius 2 is 1.86 bits per heavy atom. The number of methoxy groups -OCH3 is 1. The van der Waals surface area contributed by atoms with Gasteiger partial charge in [-0.15, -0.1) is 0 Å². The van der Waals surface area contributed by atoms with Gasteiger partial charge in [0, 0.05) is 25.8 Å². The standard InChI is InChI=1S/C20H24FNO5S/c1-15(2)28(24,25)27-19-9-4-6-16(12-19)14-22(10-11-26-3)20(23)17-7-5-8-18(21)13-17/h4-9,12-13,15H,10-11,14H2,1-3H3. The van der Waals surface area contributed by atoms with Gasteiger partial charge < -0.3 is 13.8 Å². The summed E-state index contributed by atoms with van der Waals surface area (Å²) in [4.78, 5) is 14.3. The van der Waals surface area contributed by atoms with Crippen molar-refractivity contribution >= 4 is 16.0 Å². The van der Waals surface area contributed by atoms with Crippen molar-refractivity contribution in [3.05, 3.63) is 65.5 Å². The van der Waals surface area contributed by atoms with Crippen LogP contribution in [0.2, 0.25) is 0 Å². The summed E-state index contributed by atoms with van der Waals surface area (Å²) in [5, 5.41) is -0.677. The number of amides is 1. The number of carbonyl (C=O) groups excluding carboxylic acids is 1. The van der Waals surface area contributed by atoms with E-state index in [1.165, 1.54) is 50.1 Å². The fraction of sp³-hybridized carbons (Fsp3) is 0.350. The summed E-state index contributed by atoms with van der Waals surface area (Å²) in [6, 6.07) is 12.0. The van der Waals surface area contributed by atoms with E-state index in [4.69, 9.17) is 8.92 Å². The van der Waals surface area contributed by atoms with Crippen LogP contribution in [0.5, 0.6) is 5.75 Å². The Bertz CT molecular complexity index is 914. The van der Waals surface area contributed by atoms with E-state index in [-0.39, 0.29) is 23.8 Å². The molecule has 0 spiro atoms. The molecule has 0 aliphatic heterocycles. The van der Waals surface area contributed by atoms with E-state index in [1.54, 1.807) is 24.3 Å². The third-order valence-corrected chi connectivity index (χ3v) is 5.57. The van der Waals surface area contributed by atoms with E-state index in [2.05, 4.69) is 0 Å². The fourth-order valence-corrected chi connectivity index (χ4v) is 2.97. The van der Waals surface area contributed by atoms with Crippen molar-refractivity contribution in [2.75, 3.05) is 20.3 Å². The van der Waals surface area contributed by atoms with Crippen molar-refractivity contribution < 1.29 is 26.5 Å². The molecule has 0 bridgehead atoms. The number of rotatable bonds is 9. The van der Waals surface area contributed by atoms with Crippen molar-refractivity contribution in [2.45, 2.75) is 25.6 Å².